The summed E-state index contributed by atoms with van der Waals surface area (Å²) in [7, 11) is 0. The normalized spacial score (nSPS) is 47.4. The van der Waals surface area contributed by atoms with E-state index in [0.29, 0.717) is 11.0 Å². The zero-order chi connectivity index (χ0) is 9.97. The average molecular weight is 193 g/mol. The van der Waals surface area contributed by atoms with Crippen LogP contribution in [0, 0.1) is 11.3 Å². The van der Waals surface area contributed by atoms with Crippen molar-refractivity contribution >= 4 is 0 Å². The summed E-state index contributed by atoms with van der Waals surface area (Å²) in [6.07, 6.45) is 7.43. The zero-order valence-electron chi connectivity index (χ0n) is 9.84. The van der Waals surface area contributed by atoms with Crippen molar-refractivity contribution in [3.8, 4) is 0 Å². The Balaban J connectivity index is 2.04. The molecule has 1 saturated carbocycles. The molecule has 3 rings (SSSR count). The molecule has 0 N–H and O–H groups in total. The number of hydrogen-bond acceptors (Lipinski definition) is 1. The molecule has 1 heteroatoms. The molecule has 1 nitrogen and oxygen atoms in total. The van der Waals surface area contributed by atoms with E-state index in [0.717, 1.165) is 12.0 Å². The standard InChI is InChI=1S/C13H23N/c1-12(2,3)13-7-4-8-14(13)11-6-5-10(13)9-11/h10-11H,4-9H2,1-3H3. The van der Waals surface area contributed by atoms with E-state index in [1.807, 2.05) is 0 Å². The molecule has 14 heavy (non-hydrogen) atoms. The maximum absolute atomic E-state index is 2.89. The molecule has 2 bridgehead atoms. The van der Waals surface area contributed by atoms with Gasteiger partial charge in [-0.25, -0.2) is 0 Å². The average Bonchev–Trinajstić information content (AvgIpc) is 2.74. The molecular formula is C13H23N. The summed E-state index contributed by atoms with van der Waals surface area (Å²) in [6, 6.07) is 0.960. The first-order valence-electron chi connectivity index (χ1n) is 6.32. The molecule has 3 atom stereocenters. The van der Waals surface area contributed by atoms with Crippen LogP contribution in [0.5, 0.6) is 0 Å². The minimum Gasteiger partial charge on any atom is -0.294 e. The van der Waals surface area contributed by atoms with Crippen molar-refractivity contribution in [3.63, 3.8) is 0 Å². The first-order chi connectivity index (χ1) is 6.56. The van der Waals surface area contributed by atoms with E-state index in [9.17, 15) is 0 Å². The Hall–Kier alpha value is -0.0400. The van der Waals surface area contributed by atoms with E-state index in [1.165, 1.54) is 38.6 Å². The van der Waals surface area contributed by atoms with Crippen molar-refractivity contribution in [3.05, 3.63) is 0 Å². The third-order valence-corrected chi connectivity index (χ3v) is 5.29. The van der Waals surface area contributed by atoms with Gasteiger partial charge in [-0.2, -0.15) is 0 Å². The number of rotatable bonds is 0. The largest absolute Gasteiger partial charge is 0.294 e. The maximum Gasteiger partial charge on any atom is 0.0289 e. The van der Waals surface area contributed by atoms with E-state index < -0.39 is 0 Å². The lowest BCUT2D eigenvalue weighted by molar-refractivity contribution is -0.0125. The fourth-order valence-electron chi connectivity index (χ4n) is 4.90. The lowest BCUT2D eigenvalue weighted by Crippen LogP contribution is -2.56. The summed E-state index contributed by atoms with van der Waals surface area (Å²) in [5.74, 6) is 1.02. The summed E-state index contributed by atoms with van der Waals surface area (Å²) in [5, 5.41) is 0. The first-order valence-corrected chi connectivity index (χ1v) is 6.32. The minimum atomic E-state index is 0.489. The third-order valence-electron chi connectivity index (χ3n) is 5.29. The van der Waals surface area contributed by atoms with Crippen LogP contribution in [-0.4, -0.2) is 23.0 Å². The molecule has 3 fully saturated rings. The molecule has 2 saturated heterocycles. The second-order valence-electron chi connectivity index (χ2n) is 6.64. The van der Waals surface area contributed by atoms with Gasteiger partial charge in [-0.15, -0.1) is 0 Å². The fraction of sp³-hybridized carbons (Fsp3) is 1.00. The molecule has 3 unspecified atom stereocenters. The van der Waals surface area contributed by atoms with E-state index in [2.05, 4.69) is 25.7 Å². The molecule has 0 aromatic rings. The van der Waals surface area contributed by atoms with Crippen LogP contribution in [0.1, 0.15) is 52.9 Å². The van der Waals surface area contributed by atoms with Crippen LogP contribution in [0.15, 0.2) is 0 Å². The van der Waals surface area contributed by atoms with Gasteiger partial charge in [-0.3, -0.25) is 4.90 Å². The van der Waals surface area contributed by atoms with Crippen molar-refractivity contribution < 1.29 is 0 Å². The van der Waals surface area contributed by atoms with Gasteiger partial charge in [-0.1, -0.05) is 20.8 Å². The van der Waals surface area contributed by atoms with Crippen molar-refractivity contribution in [1.29, 1.82) is 0 Å². The smallest absolute Gasteiger partial charge is 0.0289 e. The number of fused-ring (bicyclic) bond motifs is 5. The Morgan fingerprint density at radius 3 is 2.64 bits per heavy atom. The zero-order valence-corrected chi connectivity index (χ0v) is 9.84. The highest BCUT2D eigenvalue weighted by atomic mass is 15.3. The van der Waals surface area contributed by atoms with E-state index in [-0.39, 0.29) is 0 Å². The first kappa shape index (κ1) is 9.21. The minimum absolute atomic E-state index is 0.489. The second kappa shape index (κ2) is 2.55. The quantitative estimate of drug-likeness (QED) is 0.571. The Bertz CT molecular complexity index is 252. The molecule has 0 spiro atoms. The Morgan fingerprint density at radius 2 is 2.00 bits per heavy atom. The van der Waals surface area contributed by atoms with Gasteiger partial charge in [0.25, 0.3) is 0 Å². The third kappa shape index (κ3) is 0.856. The molecule has 2 heterocycles. The predicted molar refractivity (Wildman–Crippen MR) is 59.3 cm³/mol. The summed E-state index contributed by atoms with van der Waals surface area (Å²) in [4.78, 5) is 2.89. The van der Waals surface area contributed by atoms with Crippen molar-refractivity contribution in [1.82, 2.24) is 4.90 Å². The lowest BCUT2D eigenvalue weighted by Gasteiger charge is -2.51. The SMILES string of the molecule is CC(C)(C)C12CCCN1C1CCC2C1. The van der Waals surface area contributed by atoms with Crippen molar-refractivity contribution in [2.75, 3.05) is 6.54 Å². The van der Waals surface area contributed by atoms with Gasteiger partial charge in [0, 0.05) is 11.6 Å². The van der Waals surface area contributed by atoms with Crippen molar-refractivity contribution in [2.24, 2.45) is 11.3 Å². The second-order valence-corrected chi connectivity index (χ2v) is 6.64. The van der Waals surface area contributed by atoms with Crippen LogP contribution in [0.3, 0.4) is 0 Å². The lowest BCUT2D eigenvalue weighted by atomic mass is 9.65. The molecule has 0 aromatic heterocycles. The van der Waals surface area contributed by atoms with Gasteiger partial charge < -0.3 is 0 Å². The maximum atomic E-state index is 2.89. The van der Waals surface area contributed by atoms with Crippen LogP contribution >= 0.6 is 0 Å². The van der Waals surface area contributed by atoms with E-state index >= 15 is 0 Å². The van der Waals surface area contributed by atoms with Gasteiger partial charge in [0.05, 0.1) is 0 Å². The number of hydrogen-bond donors (Lipinski definition) is 0. The Morgan fingerprint density at radius 1 is 1.21 bits per heavy atom. The monoisotopic (exact) mass is 193 g/mol. The molecule has 0 aromatic carbocycles. The van der Waals surface area contributed by atoms with Gasteiger partial charge >= 0.3 is 0 Å². The van der Waals surface area contributed by atoms with Crippen LogP contribution in [0.4, 0.5) is 0 Å². The molecular weight excluding hydrogens is 170 g/mol. The predicted octanol–water partition coefficient (Wildman–Crippen LogP) is 3.05. The molecule has 3 aliphatic rings. The van der Waals surface area contributed by atoms with Gasteiger partial charge in [0.2, 0.25) is 0 Å². The Labute approximate surface area is 87.9 Å². The van der Waals surface area contributed by atoms with E-state index in [4.69, 9.17) is 0 Å². The van der Waals surface area contributed by atoms with Crippen LogP contribution < -0.4 is 0 Å². The summed E-state index contributed by atoms with van der Waals surface area (Å²) >= 11 is 0. The summed E-state index contributed by atoms with van der Waals surface area (Å²) in [5.41, 5.74) is 1.08. The van der Waals surface area contributed by atoms with Crippen LogP contribution in [-0.2, 0) is 0 Å². The molecule has 2 aliphatic heterocycles. The van der Waals surface area contributed by atoms with Crippen LogP contribution in [0.25, 0.3) is 0 Å². The molecule has 1 aliphatic carbocycles. The van der Waals surface area contributed by atoms with Gasteiger partial charge in [-0.05, 0) is 50.0 Å². The molecule has 0 amide bonds. The molecule has 0 radical (unpaired) electrons. The van der Waals surface area contributed by atoms with Gasteiger partial charge in [0.1, 0.15) is 0 Å². The highest BCUT2D eigenvalue weighted by molar-refractivity contribution is 5.17. The summed E-state index contributed by atoms with van der Waals surface area (Å²) in [6.45, 7) is 8.78. The highest BCUT2D eigenvalue weighted by Gasteiger charge is 2.62. The highest BCUT2D eigenvalue weighted by Crippen LogP contribution is 2.60. The number of piperidine rings is 1. The topological polar surface area (TPSA) is 3.24 Å². The number of nitrogens with zero attached hydrogens (tertiary/aromatic N) is 1. The van der Waals surface area contributed by atoms with Crippen LogP contribution in [0.2, 0.25) is 0 Å². The fourth-order valence-corrected chi connectivity index (χ4v) is 4.90. The van der Waals surface area contributed by atoms with E-state index in [1.54, 1.807) is 0 Å². The molecule has 80 valence electrons. The van der Waals surface area contributed by atoms with Gasteiger partial charge in [0.15, 0.2) is 0 Å². The summed E-state index contributed by atoms with van der Waals surface area (Å²) < 4.78 is 0. The Kier molecular flexibility index (Phi) is 1.68. The van der Waals surface area contributed by atoms with Crippen molar-refractivity contribution in [2.45, 2.75) is 64.5 Å².